The van der Waals surface area contributed by atoms with Gasteiger partial charge in [-0.3, -0.25) is 0 Å². The average molecular weight is 242 g/mol. The van der Waals surface area contributed by atoms with Crippen molar-refractivity contribution >= 4 is 0 Å². The molecule has 0 fully saturated rings. The molecule has 0 aromatic heterocycles. The summed E-state index contributed by atoms with van der Waals surface area (Å²) in [6, 6.07) is 0.735. The Hall–Kier alpha value is -0.0800. The molecule has 1 unspecified atom stereocenters. The summed E-state index contributed by atoms with van der Waals surface area (Å²) in [5, 5.41) is 3.63. The highest BCUT2D eigenvalue weighted by molar-refractivity contribution is 4.65. The van der Waals surface area contributed by atoms with Gasteiger partial charge >= 0.3 is 0 Å². The van der Waals surface area contributed by atoms with Crippen LogP contribution in [0.15, 0.2) is 0 Å². The molecule has 0 spiro atoms. The molecule has 0 amide bonds. The molecule has 1 atom stereocenters. The molecule has 0 aliphatic carbocycles. The summed E-state index contributed by atoms with van der Waals surface area (Å²) in [6.45, 7) is 10.5. The van der Waals surface area contributed by atoms with E-state index in [4.69, 9.17) is 0 Å². The first-order valence-corrected chi connectivity index (χ1v) is 7.66. The van der Waals surface area contributed by atoms with Crippen LogP contribution in [0.3, 0.4) is 0 Å². The summed E-state index contributed by atoms with van der Waals surface area (Å²) in [6.07, 6.45) is 9.23. The van der Waals surface area contributed by atoms with Gasteiger partial charge in [0.05, 0.1) is 0 Å². The highest BCUT2D eigenvalue weighted by Crippen LogP contribution is 2.04. The summed E-state index contributed by atoms with van der Waals surface area (Å²) < 4.78 is 0. The summed E-state index contributed by atoms with van der Waals surface area (Å²) in [5.41, 5.74) is 0. The zero-order valence-corrected chi connectivity index (χ0v) is 12.6. The maximum atomic E-state index is 3.63. The Kier molecular flexibility index (Phi) is 12.3. The molecule has 0 bridgehead atoms. The fraction of sp³-hybridized carbons (Fsp3) is 1.00. The van der Waals surface area contributed by atoms with Crippen molar-refractivity contribution in [3.63, 3.8) is 0 Å². The van der Waals surface area contributed by atoms with Crippen LogP contribution in [0, 0.1) is 0 Å². The van der Waals surface area contributed by atoms with Crippen LogP contribution >= 0.6 is 0 Å². The summed E-state index contributed by atoms with van der Waals surface area (Å²) in [4.78, 5) is 2.49. The van der Waals surface area contributed by atoms with Crippen LogP contribution in [-0.4, -0.2) is 37.6 Å². The maximum Gasteiger partial charge on any atom is 0.00649 e. The molecule has 0 rings (SSSR count). The van der Waals surface area contributed by atoms with E-state index in [1.54, 1.807) is 0 Å². The predicted molar refractivity (Wildman–Crippen MR) is 78.6 cm³/mol. The van der Waals surface area contributed by atoms with Crippen molar-refractivity contribution in [2.24, 2.45) is 0 Å². The Balaban J connectivity index is 3.45. The lowest BCUT2D eigenvalue weighted by Gasteiger charge is -2.20. The molecule has 2 nitrogen and oxygen atoms in total. The minimum Gasteiger partial charge on any atom is -0.314 e. The fourth-order valence-electron chi connectivity index (χ4n) is 2.15. The van der Waals surface area contributed by atoms with Gasteiger partial charge in [0, 0.05) is 6.04 Å². The van der Waals surface area contributed by atoms with Crippen molar-refractivity contribution in [2.75, 3.05) is 26.7 Å². The average Bonchev–Trinajstić information content (AvgIpc) is 2.34. The second-order valence-corrected chi connectivity index (χ2v) is 5.21. The quantitative estimate of drug-likeness (QED) is 0.525. The van der Waals surface area contributed by atoms with Crippen LogP contribution in [0.4, 0.5) is 0 Å². The Morgan fingerprint density at radius 1 is 0.941 bits per heavy atom. The monoisotopic (exact) mass is 242 g/mol. The lowest BCUT2D eigenvalue weighted by molar-refractivity contribution is 0.307. The smallest absolute Gasteiger partial charge is 0.00649 e. The van der Waals surface area contributed by atoms with E-state index < -0.39 is 0 Å². The van der Waals surface area contributed by atoms with Gasteiger partial charge in [-0.05, 0) is 58.8 Å². The third-order valence-corrected chi connectivity index (χ3v) is 3.41. The molecular formula is C15H34N2. The predicted octanol–water partition coefficient (Wildman–Crippen LogP) is 3.67. The van der Waals surface area contributed by atoms with E-state index >= 15 is 0 Å². The zero-order chi connectivity index (χ0) is 12.9. The van der Waals surface area contributed by atoms with Gasteiger partial charge in [0.15, 0.2) is 0 Å². The van der Waals surface area contributed by atoms with Crippen molar-refractivity contribution in [2.45, 2.75) is 71.8 Å². The summed E-state index contributed by atoms with van der Waals surface area (Å²) in [7, 11) is 2.26. The molecule has 0 radical (unpaired) electrons. The lowest BCUT2D eigenvalue weighted by Crippen LogP contribution is -2.30. The molecule has 0 saturated heterocycles. The summed E-state index contributed by atoms with van der Waals surface area (Å²) >= 11 is 0. The SMILES string of the molecule is CCCCCN(C)CCCC(CC)NCCC. The van der Waals surface area contributed by atoms with E-state index in [1.165, 1.54) is 64.6 Å². The first-order chi connectivity index (χ1) is 8.24. The molecule has 2 heteroatoms. The number of hydrogen-bond acceptors (Lipinski definition) is 2. The number of nitrogens with one attached hydrogen (secondary N) is 1. The molecule has 0 saturated carbocycles. The molecule has 0 heterocycles. The van der Waals surface area contributed by atoms with Gasteiger partial charge in [0.25, 0.3) is 0 Å². The minimum absolute atomic E-state index is 0.735. The Bertz CT molecular complexity index is 148. The zero-order valence-electron chi connectivity index (χ0n) is 12.6. The van der Waals surface area contributed by atoms with E-state index in [0.29, 0.717) is 0 Å². The molecule has 0 aromatic carbocycles. The topological polar surface area (TPSA) is 15.3 Å². The minimum atomic E-state index is 0.735. The first-order valence-electron chi connectivity index (χ1n) is 7.66. The van der Waals surface area contributed by atoms with Crippen molar-refractivity contribution in [3.8, 4) is 0 Å². The Morgan fingerprint density at radius 2 is 1.65 bits per heavy atom. The molecule has 0 aliphatic heterocycles. The van der Waals surface area contributed by atoms with Gasteiger partial charge in [0.2, 0.25) is 0 Å². The van der Waals surface area contributed by atoms with Crippen LogP contribution in [0.5, 0.6) is 0 Å². The molecule has 0 aliphatic rings. The van der Waals surface area contributed by atoms with Crippen molar-refractivity contribution in [1.82, 2.24) is 10.2 Å². The van der Waals surface area contributed by atoms with Gasteiger partial charge in [-0.25, -0.2) is 0 Å². The Morgan fingerprint density at radius 3 is 2.24 bits per heavy atom. The molecule has 0 aromatic rings. The van der Waals surface area contributed by atoms with Gasteiger partial charge in [-0.2, -0.15) is 0 Å². The number of hydrogen-bond donors (Lipinski definition) is 1. The van der Waals surface area contributed by atoms with Gasteiger partial charge in [0.1, 0.15) is 0 Å². The van der Waals surface area contributed by atoms with E-state index in [2.05, 4.69) is 38.0 Å². The molecule has 17 heavy (non-hydrogen) atoms. The van der Waals surface area contributed by atoms with Crippen LogP contribution in [0.2, 0.25) is 0 Å². The number of rotatable bonds is 12. The fourth-order valence-corrected chi connectivity index (χ4v) is 2.15. The van der Waals surface area contributed by atoms with E-state index in [0.717, 1.165) is 6.04 Å². The highest BCUT2D eigenvalue weighted by atomic mass is 15.1. The third kappa shape index (κ3) is 10.8. The number of nitrogens with zero attached hydrogens (tertiary/aromatic N) is 1. The standard InChI is InChI=1S/C15H34N2/c1-5-8-9-13-17(4)14-10-11-15(7-3)16-12-6-2/h15-16H,5-14H2,1-4H3. The van der Waals surface area contributed by atoms with Crippen LogP contribution in [0.25, 0.3) is 0 Å². The molecule has 1 N–H and O–H groups in total. The van der Waals surface area contributed by atoms with Gasteiger partial charge < -0.3 is 10.2 Å². The maximum absolute atomic E-state index is 3.63. The molecule has 104 valence electrons. The summed E-state index contributed by atoms with van der Waals surface area (Å²) in [5.74, 6) is 0. The van der Waals surface area contributed by atoms with E-state index in [-0.39, 0.29) is 0 Å². The molecular weight excluding hydrogens is 208 g/mol. The highest BCUT2D eigenvalue weighted by Gasteiger charge is 2.05. The van der Waals surface area contributed by atoms with Crippen molar-refractivity contribution in [1.29, 1.82) is 0 Å². The second kappa shape index (κ2) is 12.4. The Labute approximate surface area is 109 Å². The van der Waals surface area contributed by atoms with Crippen LogP contribution in [0.1, 0.15) is 65.7 Å². The normalized spacial score (nSPS) is 13.2. The lowest BCUT2D eigenvalue weighted by atomic mass is 10.1. The van der Waals surface area contributed by atoms with Crippen LogP contribution < -0.4 is 5.32 Å². The van der Waals surface area contributed by atoms with E-state index in [1.807, 2.05) is 0 Å². The third-order valence-electron chi connectivity index (χ3n) is 3.41. The van der Waals surface area contributed by atoms with Crippen molar-refractivity contribution in [3.05, 3.63) is 0 Å². The largest absolute Gasteiger partial charge is 0.314 e. The van der Waals surface area contributed by atoms with Gasteiger partial charge in [-0.15, -0.1) is 0 Å². The van der Waals surface area contributed by atoms with Crippen molar-refractivity contribution < 1.29 is 0 Å². The van der Waals surface area contributed by atoms with Crippen LogP contribution in [-0.2, 0) is 0 Å². The first kappa shape index (κ1) is 16.9. The number of unbranched alkanes of at least 4 members (excludes halogenated alkanes) is 2. The second-order valence-electron chi connectivity index (χ2n) is 5.21. The van der Waals surface area contributed by atoms with E-state index in [9.17, 15) is 0 Å². The van der Waals surface area contributed by atoms with Gasteiger partial charge in [-0.1, -0.05) is 33.6 Å².